The van der Waals surface area contributed by atoms with Gasteiger partial charge in [-0.1, -0.05) is 35.0 Å². The summed E-state index contributed by atoms with van der Waals surface area (Å²) in [6.45, 7) is 1.97. The number of nitrogens with one attached hydrogen (secondary N) is 1. The number of carbonyl (C=O) groups excluding carboxylic acids is 1. The second-order valence-corrected chi connectivity index (χ2v) is 6.55. The molecular weight excluding hydrogens is 371 g/mol. The zero-order valence-corrected chi connectivity index (χ0v) is 15.6. The van der Waals surface area contributed by atoms with Gasteiger partial charge in [0, 0.05) is 11.8 Å². The van der Waals surface area contributed by atoms with Gasteiger partial charge in [0.1, 0.15) is 17.8 Å². The van der Waals surface area contributed by atoms with E-state index in [1.165, 1.54) is 18.5 Å². The van der Waals surface area contributed by atoms with Crippen LogP contribution in [0.3, 0.4) is 0 Å². The van der Waals surface area contributed by atoms with Crippen LogP contribution in [0.2, 0.25) is 0 Å². The quantitative estimate of drug-likeness (QED) is 0.547. The summed E-state index contributed by atoms with van der Waals surface area (Å²) < 4.78 is 18.7. The van der Waals surface area contributed by atoms with Gasteiger partial charge in [-0.05, 0) is 42.8 Å². The number of hydrogen-bond donors (Lipinski definition) is 1. The van der Waals surface area contributed by atoms with E-state index in [1.54, 1.807) is 24.4 Å². The highest BCUT2D eigenvalue weighted by molar-refractivity contribution is 5.97. The molecule has 0 aliphatic heterocycles. The highest BCUT2D eigenvalue weighted by Gasteiger charge is 2.22. The normalized spacial score (nSPS) is 10.7. The maximum absolute atomic E-state index is 13.3. The lowest BCUT2D eigenvalue weighted by Gasteiger charge is -2.06. The molecule has 4 rings (SSSR count). The molecule has 2 aromatic carbocycles. The first-order chi connectivity index (χ1) is 14.1. The number of amides is 1. The molecule has 0 atom stereocenters. The topological polar surface area (TPSA) is 80.9 Å². The molecule has 0 fully saturated rings. The van der Waals surface area contributed by atoms with Gasteiger partial charge in [0.25, 0.3) is 0 Å². The van der Waals surface area contributed by atoms with Crippen molar-refractivity contribution in [3.8, 4) is 22.5 Å². The summed E-state index contributed by atoms with van der Waals surface area (Å²) in [5.74, 6) is -0.416. The van der Waals surface area contributed by atoms with Crippen molar-refractivity contribution in [3.05, 3.63) is 84.1 Å². The van der Waals surface area contributed by atoms with E-state index in [0.29, 0.717) is 22.5 Å². The molecule has 1 N–H and O–H groups in total. The van der Waals surface area contributed by atoms with E-state index < -0.39 is 0 Å². The van der Waals surface area contributed by atoms with Gasteiger partial charge >= 0.3 is 0 Å². The SMILES string of the molecule is Cc1cccc(CC(=O)Nc2onc(-c3ccc(F)cc3)c2-c2ccncn2)c1. The van der Waals surface area contributed by atoms with Gasteiger partial charge in [-0.3, -0.25) is 10.1 Å². The molecule has 0 aliphatic carbocycles. The molecule has 2 heterocycles. The summed E-state index contributed by atoms with van der Waals surface area (Å²) in [5.41, 5.74) is 4.11. The summed E-state index contributed by atoms with van der Waals surface area (Å²) in [6.07, 6.45) is 3.18. The molecule has 0 aliphatic rings. The second kappa shape index (κ2) is 8.02. The first-order valence-electron chi connectivity index (χ1n) is 8.97. The van der Waals surface area contributed by atoms with Crippen molar-refractivity contribution in [2.45, 2.75) is 13.3 Å². The van der Waals surface area contributed by atoms with E-state index in [9.17, 15) is 9.18 Å². The van der Waals surface area contributed by atoms with Gasteiger partial charge in [-0.15, -0.1) is 0 Å². The van der Waals surface area contributed by atoms with Crippen molar-refractivity contribution in [1.29, 1.82) is 0 Å². The average Bonchev–Trinajstić information content (AvgIpc) is 3.12. The lowest BCUT2D eigenvalue weighted by molar-refractivity contribution is -0.115. The molecule has 6 nitrogen and oxygen atoms in total. The van der Waals surface area contributed by atoms with Crippen molar-refractivity contribution in [3.63, 3.8) is 0 Å². The van der Waals surface area contributed by atoms with Crippen LogP contribution in [0.5, 0.6) is 0 Å². The van der Waals surface area contributed by atoms with Crippen LogP contribution in [0.4, 0.5) is 10.3 Å². The van der Waals surface area contributed by atoms with Crippen LogP contribution in [0, 0.1) is 12.7 Å². The van der Waals surface area contributed by atoms with Gasteiger partial charge in [-0.25, -0.2) is 14.4 Å². The third kappa shape index (κ3) is 4.19. The van der Waals surface area contributed by atoms with Crippen LogP contribution in [0.1, 0.15) is 11.1 Å². The van der Waals surface area contributed by atoms with Crippen molar-refractivity contribution < 1.29 is 13.7 Å². The average molecular weight is 388 g/mol. The van der Waals surface area contributed by atoms with Crippen molar-refractivity contribution in [1.82, 2.24) is 15.1 Å². The Balaban J connectivity index is 1.68. The van der Waals surface area contributed by atoms with E-state index in [1.807, 2.05) is 31.2 Å². The van der Waals surface area contributed by atoms with Crippen LogP contribution in [0.25, 0.3) is 22.5 Å². The predicted molar refractivity (Wildman–Crippen MR) is 106 cm³/mol. The summed E-state index contributed by atoms with van der Waals surface area (Å²) >= 11 is 0. The lowest BCUT2D eigenvalue weighted by atomic mass is 10.0. The third-order valence-electron chi connectivity index (χ3n) is 4.35. The molecule has 1 amide bonds. The number of nitrogens with zero attached hydrogens (tertiary/aromatic N) is 3. The zero-order valence-electron chi connectivity index (χ0n) is 15.6. The Labute approximate surface area is 166 Å². The van der Waals surface area contributed by atoms with E-state index in [2.05, 4.69) is 20.4 Å². The molecule has 144 valence electrons. The van der Waals surface area contributed by atoms with Gasteiger partial charge < -0.3 is 4.52 Å². The molecular formula is C22H17FN4O2. The summed E-state index contributed by atoms with van der Waals surface area (Å²) in [5, 5.41) is 6.87. The summed E-state index contributed by atoms with van der Waals surface area (Å²) in [4.78, 5) is 20.8. The lowest BCUT2D eigenvalue weighted by Crippen LogP contribution is -2.14. The Bertz CT molecular complexity index is 1140. The van der Waals surface area contributed by atoms with E-state index in [0.717, 1.165) is 11.1 Å². The fraction of sp³-hybridized carbons (Fsp3) is 0.0909. The van der Waals surface area contributed by atoms with Gasteiger partial charge in [0.2, 0.25) is 11.8 Å². The summed E-state index contributed by atoms with van der Waals surface area (Å²) in [7, 11) is 0. The minimum absolute atomic E-state index is 0.181. The molecule has 0 bridgehead atoms. The Morgan fingerprint density at radius 1 is 1.14 bits per heavy atom. The third-order valence-corrected chi connectivity index (χ3v) is 4.35. The first-order valence-corrected chi connectivity index (χ1v) is 8.97. The molecule has 0 saturated carbocycles. The van der Waals surface area contributed by atoms with E-state index in [-0.39, 0.29) is 24.0 Å². The number of halogens is 1. The van der Waals surface area contributed by atoms with Gasteiger partial charge in [0.05, 0.1) is 17.7 Å². The van der Waals surface area contributed by atoms with E-state index in [4.69, 9.17) is 4.52 Å². The molecule has 0 unspecified atom stereocenters. The summed E-state index contributed by atoms with van der Waals surface area (Å²) in [6, 6.07) is 15.3. The predicted octanol–water partition coefficient (Wildman–Crippen LogP) is 4.43. The smallest absolute Gasteiger partial charge is 0.241 e. The number of carbonyl (C=O) groups is 1. The minimum atomic E-state index is -0.354. The van der Waals surface area contributed by atoms with Crippen LogP contribution in [0.15, 0.2) is 71.6 Å². The van der Waals surface area contributed by atoms with Crippen LogP contribution >= 0.6 is 0 Å². The maximum Gasteiger partial charge on any atom is 0.241 e. The Kier molecular flexibility index (Phi) is 5.11. The second-order valence-electron chi connectivity index (χ2n) is 6.55. The number of benzene rings is 2. The van der Waals surface area contributed by atoms with Crippen molar-refractivity contribution in [2.75, 3.05) is 5.32 Å². The number of hydrogen-bond acceptors (Lipinski definition) is 5. The monoisotopic (exact) mass is 388 g/mol. The standard InChI is InChI=1S/C22H17FN4O2/c1-14-3-2-4-15(11-14)12-19(28)26-22-20(18-9-10-24-13-25-18)21(27-29-22)16-5-7-17(23)8-6-16/h2-11,13H,12H2,1H3,(H,26,28). The van der Waals surface area contributed by atoms with Crippen LogP contribution in [-0.2, 0) is 11.2 Å². The molecule has 4 aromatic rings. The van der Waals surface area contributed by atoms with E-state index >= 15 is 0 Å². The maximum atomic E-state index is 13.3. The van der Waals surface area contributed by atoms with Crippen molar-refractivity contribution in [2.24, 2.45) is 0 Å². The minimum Gasteiger partial charge on any atom is -0.337 e. The number of anilines is 1. The van der Waals surface area contributed by atoms with Gasteiger partial charge in [-0.2, -0.15) is 0 Å². The molecule has 0 saturated heterocycles. The van der Waals surface area contributed by atoms with Crippen molar-refractivity contribution >= 4 is 11.8 Å². The number of aromatic nitrogens is 3. The Morgan fingerprint density at radius 3 is 2.69 bits per heavy atom. The molecule has 2 aromatic heterocycles. The molecule has 0 radical (unpaired) electrons. The Hall–Kier alpha value is -3.87. The molecule has 29 heavy (non-hydrogen) atoms. The van der Waals surface area contributed by atoms with Crippen LogP contribution < -0.4 is 5.32 Å². The zero-order chi connectivity index (χ0) is 20.2. The number of aryl methyl sites for hydroxylation is 1. The molecule has 0 spiro atoms. The van der Waals surface area contributed by atoms with Crippen LogP contribution in [-0.4, -0.2) is 21.0 Å². The fourth-order valence-electron chi connectivity index (χ4n) is 3.03. The highest BCUT2D eigenvalue weighted by Crippen LogP contribution is 2.36. The number of rotatable bonds is 5. The molecule has 7 heteroatoms. The Morgan fingerprint density at radius 2 is 1.97 bits per heavy atom. The fourth-order valence-corrected chi connectivity index (χ4v) is 3.03. The largest absolute Gasteiger partial charge is 0.337 e. The highest BCUT2D eigenvalue weighted by atomic mass is 19.1. The first kappa shape index (κ1) is 18.5. The van der Waals surface area contributed by atoms with Gasteiger partial charge in [0.15, 0.2) is 0 Å².